The van der Waals surface area contributed by atoms with E-state index in [1.54, 1.807) is 0 Å². The van der Waals surface area contributed by atoms with Gasteiger partial charge in [-0.15, -0.1) is 0 Å². The highest BCUT2D eigenvalue weighted by atomic mass is 32.3. The molecule has 0 aromatic heterocycles. The van der Waals surface area contributed by atoms with Crippen LogP contribution in [-0.4, -0.2) is 48.4 Å². The Kier molecular flexibility index (Phi) is 4.73. The Morgan fingerprint density at radius 1 is 1.00 bits per heavy atom. The first-order valence-corrected chi connectivity index (χ1v) is 10.3. The van der Waals surface area contributed by atoms with E-state index in [1.807, 2.05) is 0 Å². The van der Waals surface area contributed by atoms with Gasteiger partial charge < -0.3 is 0 Å². The molecule has 0 N–H and O–H groups in total. The zero-order valence-electron chi connectivity index (χ0n) is 10.5. The maximum Gasteiger partial charge on any atom is 0.470 e. The maximum atomic E-state index is 13.0. The van der Waals surface area contributed by atoms with Crippen LogP contribution in [0, 0.1) is 3.91 Å². The molecule has 0 saturated heterocycles. The van der Waals surface area contributed by atoms with Crippen molar-refractivity contribution in [2.45, 2.75) is 36.2 Å². The summed E-state index contributed by atoms with van der Waals surface area (Å²) in [7, 11) is -17.2. The van der Waals surface area contributed by atoms with E-state index in [4.69, 9.17) is 0 Å². The normalized spacial score (nSPS) is 25.4. The molecular weight excluding hydrogens is 364 g/mol. The lowest BCUT2D eigenvalue weighted by Crippen LogP contribution is -2.41. The fourth-order valence-electron chi connectivity index (χ4n) is 1.96. The van der Waals surface area contributed by atoms with Crippen LogP contribution >= 0.6 is 0 Å². The number of hydrogen-bond acceptors (Lipinski definition) is 6. The number of rotatable bonds is 4. The maximum absolute atomic E-state index is 13.0. The van der Waals surface area contributed by atoms with Crippen molar-refractivity contribution in [1.29, 1.82) is 0 Å². The fraction of sp³-hybridized carbons (Fsp3) is 0.875. The molecule has 0 radical (unpaired) electrons. The Labute approximate surface area is 119 Å². The van der Waals surface area contributed by atoms with E-state index in [1.165, 1.54) is 0 Å². The van der Waals surface area contributed by atoms with Crippen LogP contribution in [0.15, 0.2) is 0 Å². The lowest BCUT2D eigenvalue weighted by atomic mass is 10.3. The molecule has 0 bridgehead atoms. The molecular formula is C8H11F4O6S3-. The third-order valence-electron chi connectivity index (χ3n) is 2.82. The van der Waals surface area contributed by atoms with Crippen LogP contribution in [0.25, 0.3) is 0 Å². The van der Waals surface area contributed by atoms with Crippen LogP contribution in [0.3, 0.4) is 0 Å². The molecule has 0 heterocycles. The number of hydrogen-bond donors (Lipinski definition) is 0. The highest BCUT2D eigenvalue weighted by molar-refractivity contribution is 8.29. The lowest BCUT2D eigenvalue weighted by molar-refractivity contribution is -0.0427. The summed E-state index contributed by atoms with van der Waals surface area (Å²) in [6, 6.07) is 0. The van der Waals surface area contributed by atoms with Gasteiger partial charge in [0.25, 0.3) is 0 Å². The average molecular weight is 375 g/mol. The average Bonchev–Trinajstić information content (AvgIpc) is 2.59. The van der Waals surface area contributed by atoms with E-state index in [0.717, 1.165) is 0 Å². The van der Waals surface area contributed by atoms with Gasteiger partial charge >= 0.3 is 5.51 Å². The topological polar surface area (TPSA) is 102 Å². The quantitative estimate of drug-likeness (QED) is 0.530. The molecule has 2 unspecified atom stereocenters. The van der Waals surface area contributed by atoms with Gasteiger partial charge in [-0.05, 0) is 19.3 Å². The monoisotopic (exact) mass is 375 g/mol. The van der Waals surface area contributed by atoms with Crippen molar-refractivity contribution in [3.05, 3.63) is 3.91 Å². The molecule has 2 atom stereocenters. The van der Waals surface area contributed by atoms with Gasteiger partial charge in [-0.3, -0.25) is 25.3 Å². The van der Waals surface area contributed by atoms with E-state index in [0.29, 0.717) is 0 Å². The third kappa shape index (κ3) is 3.50. The third-order valence-corrected chi connectivity index (χ3v) is 10.8. The summed E-state index contributed by atoms with van der Waals surface area (Å²) in [5.74, 6) is 0. The van der Waals surface area contributed by atoms with Gasteiger partial charge in [0, 0.05) is 11.5 Å². The lowest BCUT2D eigenvalue weighted by Gasteiger charge is -2.31. The molecule has 126 valence electrons. The Morgan fingerprint density at radius 3 is 1.76 bits per heavy atom. The number of alkyl halides is 4. The molecule has 0 aromatic rings. The molecule has 1 saturated carbocycles. The minimum absolute atomic E-state index is 0.0467. The van der Waals surface area contributed by atoms with Crippen LogP contribution in [0.1, 0.15) is 19.3 Å². The fourth-order valence-corrected chi connectivity index (χ4v) is 9.22. The van der Waals surface area contributed by atoms with E-state index in [-0.39, 0.29) is 12.7 Å². The molecule has 1 fully saturated rings. The van der Waals surface area contributed by atoms with E-state index >= 15 is 0 Å². The van der Waals surface area contributed by atoms with Crippen LogP contribution < -0.4 is 0 Å². The molecule has 1 rings (SSSR count). The van der Waals surface area contributed by atoms with Gasteiger partial charge in [-0.25, -0.2) is 4.39 Å². The summed E-state index contributed by atoms with van der Waals surface area (Å²) >= 11 is 0. The predicted octanol–water partition coefficient (Wildman–Crippen LogP) is 0.718. The summed E-state index contributed by atoms with van der Waals surface area (Å²) in [5.41, 5.74) is -6.09. The second-order valence-electron chi connectivity index (χ2n) is 4.55. The highest BCUT2D eigenvalue weighted by Crippen LogP contribution is 2.42. The molecule has 1 aliphatic carbocycles. The Hall–Kier alpha value is -0.430. The van der Waals surface area contributed by atoms with Crippen LogP contribution in [0.2, 0.25) is 0 Å². The summed E-state index contributed by atoms with van der Waals surface area (Å²) in [6.45, 7) is 0. The van der Waals surface area contributed by atoms with Crippen molar-refractivity contribution >= 4 is 29.5 Å². The Morgan fingerprint density at radius 2 is 1.48 bits per heavy atom. The Bertz CT molecular complexity index is 706. The number of halogens is 4. The molecule has 21 heavy (non-hydrogen) atoms. The largest absolute Gasteiger partial charge is 0.470 e. The predicted molar refractivity (Wildman–Crippen MR) is 64.5 cm³/mol. The molecule has 13 heteroatoms. The first-order valence-electron chi connectivity index (χ1n) is 5.38. The second-order valence-corrected chi connectivity index (χ2v) is 11.3. The van der Waals surface area contributed by atoms with Crippen molar-refractivity contribution in [3.63, 3.8) is 0 Å². The van der Waals surface area contributed by atoms with Gasteiger partial charge in [-0.1, -0.05) is 0 Å². The van der Waals surface area contributed by atoms with Crippen LogP contribution in [0.5, 0.6) is 0 Å². The van der Waals surface area contributed by atoms with E-state index in [9.17, 15) is 42.8 Å². The van der Waals surface area contributed by atoms with Gasteiger partial charge in [0.1, 0.15) is 6.17 Å². The van der Waals surface area contributed by atoms with Crippen molar-refractivity contribution < 1.29 is 42.8 Å². The summed E-state index contributed by atoms with van der Waals surface area (Å²) in [5, 5.41) is -1.81. The van der Waals surface area contributed by atoms with Crippen molar-refractivity contribution in [1.82, 2.24) is 0 Å². The SMILES string of the molecule is CS(=O)(=O)[C-](S(=O)(=O)C1CCC(F)C1)S(=O)(=O)C(F)(F)F. The first-order chi connectivity index (χ1) is 9.12. The highest BCUT2D eigenvalue weighted by Gasteiger charge is 2.52. The molecule has 0 amide bonds. The van der Waals surface area contributed by atoms with Gasteiger partial charge in [0.2, 0.25) is 0 Å². The van der Waals surface area contributed by atoms with E-state index < -0.39 is 63.2 Å². The summed E-state index contributed by atoms with van der Waals surface area (Å²) in [6.07, 6.45) is -3.08. The summed E-state index contributed by atoms with van der Waals surface area (Å²) in [4.78, 5) is 0. The minimum Gasteiger partial charge on any atom is -0.260 e. The van der Waals surface area contributed by atoms with Crippen molar-refractivity contribution in [2.75, 3.05) is 6.26 Å². The smallest absolute Gasteiger partial charge is 0.260 e. The minimum atomic E-state index is -6.59. The standard InChI is InChI=1S/C8H11F4O6S3/c1-19(13,14)7(21(17,18)8(10,11)12)20(15,16)6-3-2-5(9)4-6/h5-6H,2-4H2,1H3/q-1. The summed E-state index contributed by atoms with van der Waals surface area (Å²) < 4.78 is 117. The Balaban J connectivity index is 3.49. The molecule has 6 nitrogen and oxygen atoms in total. The molecule has 0 spiro atoms. The van der Waals surface area contributed by atoms with Crippen molar-refractivity contribution in [2.24, 2.45) is 0 Å². The molecule has 0 aromatic carbocycles. The first kappa shape index (κ1) is 18.6. The zero-order valence-corrected chi connectivity index (χ0v) is 12.9. The van der Waals surface area contributed by atoms with E-state index in [2.05, 4.69) is 0 Å². The van der Waals surface area contributed by atoms with Gasteiger partial charge in [-0.2, -0.15) is 13.2 Å². The molecule has 0 aliphatic heterocycles. The van der Waals surface area contributed by atoms with Gasteiger partial charge in [0.15, 0.2) is 9.84 Å². The number of sulfone groups is 3. The molecule has 1 aliphatic rings. The van der Waals surface area contributed by atoms with Crippen LogP contribution in [0.4, 0.5) is 17.6 Å². The van der Waals surface area contributed by atoms with Crippen LogP contribution in [-0.2, 0) is 29.5 Å². The second kappa shape index (κ2) is 5.33. The zero-order chi connectivity index (χ0) is 16.9. The van der Waals surface area contributed by atoms with Crippen molar-refractivity contribution in [3.8, 4) is 0 Å². The van der Waals surface area contributed by atoms with Gasteiger partial charge in [0.05, 0.1) is 23.6 Å².